The number of carbonyl (C=O) groups is 2. The summed E-state index contributed by atoms with van der Waals surface area (Å²) in [5, 5.41) is 8.84. The van der Waals surface area contributed by atoms with Gasteiger partial charge in [-0.3, -0.25) is 9.59 Å². The lowest BCUT2D eigenvalue weighted by atomic mass is 10.00. The van der Waals surface area contributed by atoms with Crippen LogP contribution in [0.3, 0.4) is 0 Å². The zero-order chi connectivity index (χ0) is 13.5. The summed E-state index contributed by atoms with van der Waals surface area (Å²) in [6, 6.07) is 9.90. The predicted octanol–water partition coefficient (Wildman–Crippen LogP) is 1.85. The topological polar surface area (TPSA) is 57.6 Å². The molecule has 1 aliphatic carbocycles. The Balaban J connectivity index is 1.63. The third-order valence-corrected chi connectivity index (χ3v) is 5.15. The molecule has 1 aromatic rings. The van der Waals surface area contributed by atoms with Gasteiger partial charge in [-0.05, 0) is 25.0 Å². The minimum absolute atomic E-state index is 0.110. The maximum absolute atomic E-state index is 12.4. The van der Waals surface area contributed by atoms with Gasteiger partial charge in [-0.2, -0.15) is 0 Å². The zero-order valence-electron chi connectivity index (χ0n) is 10.4. The molecule has 5 heteroatoms. The summed E-state index contributed by atoms with van der Waals surface area (Å²) < 4.78 is -0.329. The average Bonchev–Trinajstić information content (AvgIpc) is 3.09. The largest absolute Gasteiger partial charge is 0.481 e. The Hall–Kier alpha value is -1.49. The van der Waals surface area contributed by atoms with Gasteiger partial charge in [0.2, 0.25) is 5.91 Å². The highest BCUT2D eigenvalue weighted by Gasteiger charge is 2.55. The molecule has 2 fully saturated rings. The van der Waals surface area contributed by atoms with E-state index in [0.29, 0.717) is 13.1 Å². The second-order valence-corrected chi connectivity index (χ2v) is 6.61. The molecule has 1 N–H and O–H groups in total. The summed E-state index contributed by atoms with van der Waals surface area (Å²) >= 11 is 1.61. The molecule has 1 aromatic carbocycles. The monoisotopic (exact) mass is 277 g/mol. The minimum atomic E-state index is -0.801. The first kappa shape index (κ1) is 12.5. The van der Waals surface area contributed by atoms with Crippen LogP contribution in [0.25, 0.3) is 0 Å². The summed E-state index contributed by atoms with van der Waals surface area (Å²) in [5.41, 5.74) is 0. The third-order valence-electron chi connectivity index (χ3n) is 3.67. The third kappa shape index (κ3) is 2.34. The van der Waals surface area contributed by atoms with Crippen molar-refractivity contribution >= 4 is 23.6 Å². The van der Waals surface area contributed by atoms with E-state index in [9.17, 15) is 9.59 Å². The van der Waals surface area contributed by atoms with Crippen molar-refractivity contribution in [1.82, 2.24) is 4.90 Å². The summed E-state index contributed by atoms with van der Waals surface area (Å²) in [7, 11) is 0. The van der Waals surface area contributed by atoms with E-state index in [4.69, 9.17) is 5.11 Å². The minimum Gasteiger partial charge on any atom is -0.481 e. The maximum atomic E-state index is 12.4. The number of likely N-dealkylation sites (tertiary alicyclic amines) is 1. The predicted molar refractivity (Wildman–Crippen MR) is 72.0 cm³/mol. The first-order valence-electron chi connectivity index (χ1n) is 6.37. The molecule has 0 atom stereocenters. The van der Waals surface area contributed by atoms with E-state index in [1.54, 1.807) is 16.7 Å². The van der Waals surface area contributed by atoms with E-state index in [0.717, 1.165) is 17.7 Å². The van der Waals surface area contributed by atoms with E-state index in [2.05, 4.69) is 0 Å². The first-order valence-corrected chi connectivity index (χ1v) is 7.19. The van der Waals surface area contributed by atoms with Crippen molar-refractivity contribution in [3.63, 3.8) is 0 Å². The molecule has 1 saturated heterocycles. The summed E-state index contributed by atoms with van der Waals surface area (Å²) in [6.45, 7) is 0.733. The average molecular weight is 277 g/mol. The maximum Gasteiger partial charge on any atom is 0.310 e. The van der Waals surface area contributed by atoms with Crippen LogP contribution in [0.4, 0.5) is 0 Å². The molecule has 2 aliphatic rings. The van der Waals surface area contributed by atoms with Crippen LogP contribution >= 0.6 is 11.8 Å². The number of hydrogen-bond donors (Lipinski definition) is 1. The lowest BCUT2D eigenvalue weighted by Gasteiger charge is -2.38. The molecule has 100 valence electrons. The van der Waals surface area contributed by atoms with Crippen LogP contribution in [0.5, 0.6) is 0 Å². The molecule has 0 bridgehead atoms. The van der Waals surface area contributed by atoms with Gasteiger partial charge in [-0.25, -0.2) is 0 Å². The summed E-state index contributed by atoms with van der Waals surface area (Å²) in [4.78, 5) is 25.9. The molecular weight excluding hydrogens is 262 g/mol. The van der Waals surface area contributed by atoms with Crippen molar-refractivity contribution in [3.8, 4) is 0 Å². The van der Waals surface area contributed by atoms with E-state index >= 15 is 0 Å². The molecule has 0 aromatic heterocycles. The Bertz CT molecular complexity index is 507. The van der Waals surface area contributed by atoms with Gasteiger partial charge >= 0.3 is 5.97 Å². The fourth-order valence-electron chi connectivity index (χ4n) is 2.28. The number of nitrogens with zero attached hydrogens (tertiary/aromatic N) is 1. The number of rotatable bonds is 4. The van der Waals surface area contributed by atoms with E-state index in [1.165, 1.54) is 0 Å². The highest BCUT2D eigenvalue weighted by atomic mass is 32.2. The molecule has 0 unspecified atom stereocenters. The molecule has 4 nitrogen and oxygen atoms in total. The number of aliphatic carboxylic acids is 1. The molecule has 0 spiro atoms. The molecule has 1 aliphatic heterocycles. The molecule has 19 heavy (non-hydrogen) atoms. The van der Waals surface area contributed by atoms with Gasteiger partial charge < -0.3 is 10.0 Å². The van der Waals surface area contributed by atoms with Crippen LogP contribution in [0, 0.1) is 5.92 Å². The Kier molecular flexibility index (Phi) is 3.01. The van der Waals surface area contributed by atoms with E-state index in [-0.39, 0.29) is 16.6 Å². The normalized spacial score (nSPS) is 20.7. The molecule has 1 saturated carbocycles. The van der Waals surface area contributed by atoms with E-state index in [1.807, 2.05) is 30.3 Å². The van der Waals surface area contributed by atoms with Crippen molar-refractivity contribution < 1.29 is 14.7 Å². The van der Waals surface area contributed by atoms with Crippen LogP contribution < -0.4 is 0 Å². The second kappa shape index (κ2) is 4.56. The number of thioether (sulfide) groups is 1. The molecule has 1 heterocycles. The van der Waals surface area contributed by atoms with Crippen LogP contribution in [-0.4, -0.2) is 39.7 Å². The highest BCUT2D eigenvalue weighted by Crippen LogP contribution is 2.53. The second-order valence-electron chi connectivity index (χ2n) is 5.15. The fourth-order valence-corrected chi connectivity index (χ4v) is 3.54. The van der Waals surface area contributed by atoms with Crippen molar-refractivity contribution in [2.75, 3.05) is 13.1 Å². The molecular formula is C14H15NO3S. The number of carboxylic acid groups (broad SMARTS) is 1. The van der Waals surface area contributed by atoms with Crippen LogP contribution in [0.2, 0.25) is 0 Å². The summed E-state index contributed by atoms with van der Waals surface area (Å²) in [5.74, 6) is -1.06. The van der Waals surface area contributed by atoms with Crippen LogP contribution in [0.15, 0.2) is 35.2 Å². The molecule has 3 rings (SSSR count). The van der Waals surface area contributed by atoms with Crippen molar-refractivity contribution in [1.29, 1.82) is 0 Å². The Morgan fingerprint density at radius 1 is 1.21 bits per heavy atom. The lowest BCUT2D eigenvalue weighted by molar-refractivity contribution is -0.152. The van der Waals surface area contributed by atoms with Crippen LogP contribution in [0.1, 0.15) is 12.8 Å². The number of carbonyl (C=O) groups excluding carboxylic acids is 1. The Labute approximate surface area is 115 Å². The van der Waals surface area contributed by atoms with E-state index < -0.39 is 5.97 Å². The van der Waals surface area contributed by atoms with Crippen molar-refractivity contribution in [3.05, 3.63) is 30.3 Å². The van der Waals surface area contributed by atoms with Gasteiger partial charge in [-0.1, -0.05) is 18.2 Å². The van der Waals surface area contributed by atoms with Crippen LogP contribution in [-0.2, 0) is 9.59 Å². The highest BCUT2D eigenvalue weighted by molar-refractivity contribution is 8.01. The quantitative estimate of drug-likeness (QED) is 0.912. The van der Waals surface area contributed by atoms with Gasteiger partial charge in [-0.15, -0.1) is 11.8 Å². The standard InChI is InChI=1S/C14H15NO3S/c16-12(17)10-8-15(9-10)13(18)14(6-7-14)19-11-4-2-1-3-5-11/h1-5,10H,6-9H2,(H,16,17). The Morgan fingerprint density at radius 2 is 1.84 bits per heavy atom. The summed E-state index contributed by atoms with van der Waals surface area (Å²) in [6.07, 6.45) is 1.78. The molecule has 0 radical (unpaired) electrons. The smallest absolute Gasteiger partial charge is 0.310 e. The number of amides is 1. The van der Waals surface area contributed by atoms with Gasteiger partial charge in [0.25, 0.3) is 0 Å². The number of benzene rings is 1. The van der Waals surface area contributed by atoms with Gasteiger partial charge in [0.15, 0.2) is 0 Å². The van der Waals surface area contributed by atoms with Gasteiger partial charge in [0.05, 0.1) is 10.7 Å². The Morgan fingerprint density at radius 3 is 2.37 bits per heavy atom. The number of hydrogen-bond acceptors (Lipinski definition) is 3. The van der Waals surface area contributed by atoms with Crippen molar-refractivity contribution in [2.45, 2.75) is 22.5 Å². The number of carboxylic acids is 1. The van der Waals surface area contributed by atoms with Gasteiger partial charge in [0, 0.05) is 18.0 Å². The zero-order valence-corrected chi connectivity index (χ0v) is 11.2. The molecule has 1 amide bonds. The lowest BCUT2D eigenvalue weighted by Crippen LogP contribution is -2.55. The van der Waals surface area contributed by atoms with Gasteiger partial charge in [0.1, 0.15) is 0 Å². The SMILES string of the molecule is O=C(O)C1CN(C(=O)C2(Sc3ccccc3)CC2)C1. The first-order chi connectivity index (χ1) is 9.11. The fraction of sp³-hybridized carbons (Fsp3) is 0.429. The van der Waals surface area contributed by atoms with Crippen molar-refractivity contribution in [2.24, 2.45) is 5.92 Å².